The van der Waals surface area contributed by atoms with Gasteiger partial charge in [0, 0.05) is 6.20 Å². The van der Waals surface area contributed by atoms with Crippen molar-refractivity contribution in [1.82, 2.24) is 9.78 Å². The van der Waals surface area contributed by atoms with E-state index in [2.05, 4.69) is 5.10 Å². The second-order valence-corrected chi connectivity index (χ2v) is 2.99. The summed E-state index contributed by atoms with van der Waals surface area (Å²) in [6.45, 7) is 0. The van der Waals surface area contributed by atoms with Gasteiger partial charge in [0.1, 0.15) is 11.5 Å². The van der Waals surface area contributed by atoms with E-state index in [0.29, 0.717) is 5.69 Å². The Morgan fingerprint density at radius 1 is 1.40 bits per heavy atom. The second-order valence-electron chi connectivity index (χ2n) is 2.99. The molecule has 15 heavy (non-hydrogen) atoms. The normalized spacial score (nSPS) is 10.2. The molecule has 0 saturated carbocycles. The number of halogens is 1. The Kier molecular flexibility index (Phi) is 2.21. The predicted molar refractivity (Wildman–Crippen MR) is 52.0 cm³/mol. The number of carbonyl (C=O) groups excluding carboxylic acids is 1. The molecule has 0 aliphatic heterocycles. The van der Waals surface area contributed by atoms with Gasteiger partial charge < -0.3 is 5.73 Å². The van der Waals surface area contributed by atoms with Crippen molar-refractivity contribution in [2.75, 3.05) is 0 Å². The molecule has 4 nitrogen and oxygen atoms in total. The number of benzene rings is 1. The van der Waals surface area contributed by atoms with E-state index in [-0.39, 0.29) is 11.5 Å². The van der Waals surface area contributed by atoms with Gasteiger partial charge in [-0.3, -0.25) is 4.79 Å². The number of hydrogen-bond acceptors (Lipinski definition) is 2. The molecule has 1 aromatic carbocycles. The van der Waals surface area contributed by atoms with Crippen LogP contribution in [0.15, 0.2) is 36.5 Å². The summed E-state index contributed by atoms with van der Waals surface area (Å²) in [6.07, 6.45) is 1.55. The van der Waals surface area contributed by atoms with Crippen LogP contribution in [-0.2, 0) is 0 Å². The number of nitrogens with zero attached hydrogens (tertiary/aromatic N) is 2. The molecule has 2 aromatic rings. The Labute approximate surface area is 85.1 Å². The number of hydrogen-bond donors (Lipinski definition) is 1. The van der Waals surface area contributed by atoms with Gasteiger partial charge in [-0.25, -0.2) is 9.07 Å². The van der Waals surface area contributed by atoms with Gasteiger partial charge in [-0.1, -0.05) is 6.07 Å². The Morgan fingerprint density at radius 2 is 2.20 bits per heavy atom. The summed E-state index contributed by atoms with van der Waals surface area (Å²) < 4.78 is 14.3. The molecule has 0 spiro atoms. The lowest BCUT2D eigenvalue weighted by molar-refractivity contribution is 0.0995. The molecule has 0 saturated heterocycles. The summed E-state index contributed by atoms with van der Waals surface area (Å²) in [7, 11) is 0. The summed E-state index contributed by atoms with van der Waals surface area (Å²) in [5, 5.41) is 3.90. The van der Waals surface area contributed by atoms with Gasteiger partial charge in [0.25, 0.3) is 5.91 Å². The number of aromatic nitrogens is 2. The molecule has 0 bridgehead atoms. The standard InChI is InChI=1S/C10H8FN3O/c11-7-2-1-3-8(6-7)14-5-4-9(13-14)10(12)15/h1-6H,(H2,12,15). The van der Waals surface area contributed by atoms with Crippen molar-refractivity contribution in [1.29, 1.82) is 0 Å². The topological polar surface area (TPSA) is 60.9 Å². The molecule has 5 heteroatoms. The minimum Gasteiger partial charge on any atom is -0.364 e. The first-order valence-corrected chi connectivity index (χ1v) is 4.28. The summed E-state index contributed by atoms with van der Waals surface area (Å²) in [5.74, 6) is -0.964. The monoisotopic (exact) mass is 205 g/mol. The first-order valence-electron chi connectivity index (χ1n) is 4.28. The fourth-order valence-corrected chi connectivity index (χ4v) is 1.22. The van der Waals surface area contributed by atoms with Crippen LogP contribution in [0.25, 0.3) is 5.69 Å². The van der Waals surface area contributed by atoms with E-state index in [4.69, 9.17) is 5.73 Å². The van der Waals surface area contributed by atoms with E-state index >= 15 is 0 Å². The molecule has 0 unspecified atom stereocenters. The summed E-state index contributed by atoms with van der Waals surface area (Å²) in [5.41, 5.74) is 5.74. The van der Waals surface area contributed by atoms with E-state index in [1.165, 1.54) is 22.9 Å². The Bertz CT molecular complexity index is 507. The van der Waals surface area contributed by atoms with Crippen molar-refractivity contribution in [3.05, 3.63) is 48.0 Å². The van der Waals surface area contributed by atoms with Gasteiger partial charge in [-0.2, -0.15) is 5.10 Å². The number of primary amides is 1. The maximum Gasteiger partial charge on any atom is 0.269 e. The zero-order valence-corrected chi connectivity index (χ0v) is 7.72. The number of rotatable bonds is 2. The molecule has 0 atom stereocenters. The molecule has 2 rings (SSSR count). The summed E-state index contributed by atoms with van der Waals surface area (Å²) >= 11 is 0. The van der Waals surface area contributed by atoms with Crippen LogP contribution in [-0.4, -0.2) is 15.7 Å². The minimum atomic E-state index is -0.606. The number of nitrogens with two attached hydrogens (primary N) is 1. The Balaban J connectivity index is 2.41. The van der Waals surface area contributed by atoms with E-state index in [1.54, 1.807) is 18.3 Å². The maximum atomic E-state index is 12.9. The Morgan fingerprint density at radius 3 is 2.80 bits per heavy atom. The smallest absolute Gasteiger partial charge is 0.269 e. The SMILES string of the molecule is NC(=O)c1ccn(-c2cccc(F)c2)n1. The highest BCUT2D eigenvalue weighted by atomic mass is 19.1. The second kappa shape index (κ2) is 3.53. The highest BCUT2D eigenvalue weighted by Crippen LogP contribution is 2.09. The van der Waals surface area contributed by atoms with E-state index in [9.17, 15) is 9.18 Å². The van der Waals surface area contributed by atoms with Crippen LogP contribution in [0.1, 0.15) is 10.5 Å². The predicted octanol–water partition coefficient (Wildman–Crippen LogP) is 1.11. The van der Waals surface area contributed by atoms with Gasteiger partial charge >= 0.3 is 0 Å². The molecular formula is C10H8FN3O. The zero-order valence-electron chi connectivity index (χ0n) is 7.72. The van der Waals surface area contributed by atoms with Crippen LogP contribution < -0.4 is 5.73 Å². The van der Waals surface area contributed by atoms with Crippen molar-refractivity contribution in [3.63, 3.8) is 0 Å². The minimum absolute atomic E-state index is 0.152. The summed E-state index contributed by atoms with van der Waals surface area (Å²) in [4.78, 5) is 10.8. The molecule has 1 amide bonds. The van der Waals surface area contributed by atoms with Crippen molar-refractivity contribution in [3.8, 4) is 5.69 Å². The molecular weight excluding hydrogens is 197 g/mol. The average Bonchev–Trinajstić information content (AvgIpc) is 2.66. The summed E-state index contributed by atoms with van der Waals surface area (Å²) in [6, 6.07) is 7.38. The van der Waals surface area contributed by atoms with Crippen molar-refractivity contribution in [2.24, 2.45) is 5.73 Å². The third kappa shape index (κ3) is 1.85. The molecule has 0 aliphatic carbocycles. The molecule has 0 fully saturated rings. The lowest BCUT2D eigenvalue weighted by atomic mass is 10.3. The fourth-order valence-electron chi connectivity index (χ4n) is 1.22. The number of amides is 1. The lowest BCUT2D eigenvalue weighted by Gasteiger charge is -1.99. The van der Waals surface area contributed by atoms with Crippen LogP contribution in [0.5, 0.6) is 0 Å². The highest BCUT2D eigenvalue weighted by molar-refractivity contribution is 5.90. The number of carbonyl (C=O) groups is 1. The third-order valence-corrected chi connectivity index (χ3v) is 1.91. The molecule has 1 heterocycles. The van der Waals surface area contributed by atoms with Gasteiger partial charge in [0.2, 0.25) is 0 Å². The fraction of sp³-hybridized carbons (Fsp3) is 0. The average molecular weight is 205 g/mol. The third-order valence-electron chi connectivity index (χ3n) is 1.91. The maximum absolute atomic E-state index is 12.9. The van der Waals surface area contributed by atoms with E-state index in [1.807, 2.05) is 0 Å². The van der Waals surface area contributed by atoms with Crippen LogP contribution in [0, 0.1) is 5.82 Å². The lowest BCUT2D eigenvalue weighted by Crippen LogP contribution is -2.12. The largest absolute Gasteiger partial charge is 0.364 e. The van der Waals surface area contributed by atoms with E-state index in [0.717, 1.165) is 0 Å². The van der Waals surface area contributed by atoms with Crippen molar-refractivity contribution in [2.45, 2.75) is 0 Å². The molecule has 0 aliphatic rings. The van der Waals surface area contributed by atoms with Gasteiger partial charge in [0.05, 0.1) is 5.69 Å². The highest BCUT2D eigenvalue weighted by Gasteiger charge is 2.05. The first-order chi connectivity index (χ1) is 7.16. The molecule has 1 aromatic heterocycles. The Hall–Kier alpha value is -2.17. The van der Waals surface area contributed by atoms with Crippen LogP contribution >= 0.6 is 0 Å². The first kappa shape index (κ1) is 9.39. The van der Waals surface area contributed by atoms with Crippen molar-refractivity contribution >= 4 is 5.91 Å². The van der Waals surface area contributed by atoms with Gasteiger partial charge in [-0.05, 0) is 24.3 Å². The van der Waals surface area contributed by atoms with Crippen LogP contribution in [0.3, 0.4) is 0 Å². The van der Waals surface area contributed by atoms with Gasteiger partial charge in [-0.15, -0.1) is 0 Å². The van der Waals surface area contributed by atoms with Crippen LogP contribution in [0.4, 0.5) is 4.39 Å². The quantitative estimate of drug-likeness (QED) is 0.798. The van der Waals surface area contributed by atoms with Crippen molar-refractivity contribution < 1.29 is 9.18 Å². The van der Waals surface area contributed by atoms with E-state index < -0.39 is 5.91 Å². The molecule has 0 radical (unpaired) electrons. The van der Waals surface area contributed by atoms with Gasteiger partial charge in [0.15, 0.2) is 0 Å². The molecule has 76 valence electrons. The molecule has 2 N–H and O–H groups in total. The van der Waals surface area contributed by atoms with Crippen LogP contribution in [0.2, 0.25) is 0 Å². The zero-order chi connectivity index (χ0) is 10.8.